The lowest BCUT2D eigenvalue weighted by Crippen LogP contribution is -2.41. The Morgan fingerprint density at radius 3 is 2.43 bits per heavy atom. The van der Waals surface area contributed by atoms with Crippen molar-refractivity contribution >= 4 is 15.9 Å². The van der Waals surface area contributed by atoms with Gasteiger partial charge in [0.1, 0.15) is 0 Å². The van der Waals surface area contributed by atoms with Crippen LogP contribution in [-0.2, 0) is 16.6 Å². The third-order valence-electron chi connectivity index (χ3n) is 5.47. The summed E-state index contributed by atoms with van der Waals surface area (Å²) in [6, 6.07) is 14.3. The Morgan fingerprint density at radius 1 is 1.11 bits per heavy atom. The molecule has 2 aromatic rings. The second kappa shape index (κ2) is 8.45. The molecule has 1 heterocycles. The van der Waals surface area contributed by atoms with E-state index in [4.69, 9.17) is 0 Å². The topological polar surface area (TPSA) is 57.7 Å². The molecule has 0 bridgehead atoms. The van der Waals surface area contributed by atoms with Gasteiger partial charge >= 0.3 is 0 Å². The van der Waals surface area contributed by atoms with Gasteiger partial charge in [0.05, 0.1) is 4.90 Å². The van der Waals surface area contributed by atoms with Crippen LogP contribution in [0.2, 0.25) is 0 Å². The van der Waals surface area contributed by atoms with Gasteiger partial charge in [-0.15, -0.1) is 0 Å². The van der Waals surface area contributed by atoms with Gasteiger partial charge in [-0.1, -0.05) is 30.7 Å². The van der Waals surface area contributed by atoms with Crippen molar-refractivity contribution in [3.05, 3.63) is 65.2 Å². The Hall–Kier alpha value is -2.18. The van der Waals surface area contributed by atoms with Crippen LogP contribution in [0.15, 0.2) is 53.4 Å². The summed E-state index contributed by atoms with van der Waals surface area (Å²) in [6.07, 6.45) is 2.84. The standard InChI is InChI=1S/C22H28N2O3S/c1-17-8-4-5-10-20(17)16-23(3)22(25)19-11-13-21(14-12-19)28(26,27)24-15-7-6-9-18(24)2/h4-5,8,10-14,18H,6-7,9,15-16H2,1-3H3/t18-/m0/s1. The Balaban J connectivity index is 1.74. The van der Waals surface area contributed by atoms with Crippen molar-refractivity contribution in [1.82, 2.24) is 9.21 Å². The van der Waals surface area contributed by atoms with E-state index in [1.54, 1.807) is 40.5 Å². The van der Waals surface area contributed by atoms with Crippen molar-refractivity contribution in [3.63, 3.8) is 0 Å². The van der Waals surface area contributed by atoms with Crippen LogP contribution in [0.4, 0.5) is 0 Å². The molecule has 1 fully saturated rings. The number of rotatable bonds is 5. The highest BCUT2D eigenvalue weighted by Gasteiger charge is 2.31. The summed E-state index contributed by atoms with van der Waals surface area (Å²) in [5.41, 5.74) is 2.72. The first-order chi connectivity index (χ1) is 13.3. The lowest BCUT2D eigenvalue weighted by atomic mass is 10.1. The summed E-state index contributed by atoms with van der Waals surface area (Å²) in [7, 11) is -1.76. The third kappa shape index (κ3) is 4.28. The molecule has 0 saturated carbocycles. The average Bonchev–Trinajstić information content (AvgIpc) is 2.69. The summed E-state index contributed by atoms with van der Waals surface area (Å²) in [6.45, 7) is 5.05. The van der Waals surface area contributed by atoms with E-state index in [1.165, 1.54) is 0 Å². The zero-order valence-electron chi connectivity index (χ0n) is 16.8. The highest BCUT2D eigenvalue weighted by molar-refractivity contribution is 7.89. The quantitative estimate of drug-likeness (QED) is 0.766. The van der Waals surface area contributed by atoms with Crippen molar-refractivity contribution in [2.75, 3.05) is 13.6 Å². The molecule has 0 aromatic heterocycles. The number of amides is 1. The summed E-state index contributed by atoms with van der Waals surface area (Å²) in [5, 5.41) is 0. The average molecular weight is 401 g/mol. The van der Waals surface area contributed by atoms with Gasteiger partial charge in [-0.25, -0.2) is 8.42 Å². The van der Waals surface area contributed by atoms with Crippen LogP contribution in [0.3, 0.4) is 0 Å². The lowest BCUT2D eigenvalue weighted by Gasteiger charge is -2.32. The van der Waals surface area contributed by atoms with Gasteiger partial charge in [0.15, 0.2) is 0 Å². The van der Waals surface area contributed by atoms with Gasteiger partial charge in [-0.3, -0.25) is 4.79 Å². The van der Waals surface area contributed by atoms with E-state index in [0.29, 0.717) is 18.7 Å². The Morgan fingerprint density at radius 2 is 1.79 bits per heavy atom. The maximum Gasteiger partial charge on any atom is 0.253 e. The molecule has 28 heavy (non-hydrogen) atoms. The molecule has 0 radical (unpaired) electrons. The Bertz CT molecular complexity index is 939. The number of carbonyl (C=O) groups excluding carboxylic acids is 1. The molecule has 1 aliphatic rings. The number of piperidine rings is 1. The summed E-state index contributed by atoms with van der Waals surface area (Å²) >= 11 is 0. The fourth-order valence-electron chi connectivity index (χ4n) is 3.67. The largest absolute Gasteiger partial charge is 0.337 e. The van der Waals surface area contributed by atoms with E-state index in [1.807, 2.05) is 38.1 Å². The molecule has 1 aliphatic heterocycles. The molecule has 150 valence electrons. The van der Waals surface area contributed by atoms with Gasteiger partial charge < -0.3 is 4.90 Å². The molecular formula is C22H28N2O3S. The normalized spacial score (nSPS) is 18.0. The SMILES string of the molecule is Cc1ccccc1CN(C)C(=O)c1ccc(S(=O)(=O)N2CCCC[C@@H]2C)cc1. The summed E-state index contributed by atoms with van der Waals surface area (Å²) in [5.74, 6) is -0.126. The molecule has 3 rings (SSSR count). The Kier molecular flexibility index (Phi) is 6.20. The van der Waals surface area contributed by atoms with Crippen LogP contribution >= 0.6 is 0 Å². The van der Waals surface area contributed by atoms with Crippen LogP contribution in [0.25, 0.3) is 0 Å². The summed E-state index contributed by atoms with van der Waals surface area (Å²) in [4.78, 5) is 14.6. The maximum atomic E-state index is 12.9. The van der Waals surface area contributed by atoms with Crippen molar-refractivity contribution in [3.8, 4) is 0 Å². The monoisotopic (exact) mass is 400 g/mol. The van der Waals surface area contributed by atoms with Crippen molar-refractivity contribution in [1.29, 1.82) is 0 Å². The molecule has 5 nitrogen and oxygen atoms in total. The zero-order valence-corrected chi connectivity index (χ0v) is 17.6. The van der Waals surface area contributed by atoms with Gasteiger partial charge in [0.2, 0.25) is 10.0 Å². The van der Waals surface area contributed by atoms with Gasteiger partial charge in [0.25, 0.3) is 5.91 Å². The molecule has 1 amide bonds. The second-order valence-corrected chi connectivity index (χ2v) is 9.46. The van der Waals surface area contributed by atoms with E-state index in [9.17, 15) is 13.2 Å². The van der Waals surface area contributed by atoms with E-state index >= 15 is 0 Å². The molecule has 1 atom stereocenters. The molecule has 0 unspecified atom stereocenters. The number of hydrogen-bond donors (Lipinski definition) is 0. The van der Waals surface area contributed by atoms with Gasteiger partial charge in [-0.2, -0.15) is 4.31 Å². The van der Waals surface area contributed by atoms with Crippen molar-refractivity contribution in [2.24, 2.45) is 0 Å². The predicted molar refractivity (Wildman–Crippen MR) is 111 cm³/mol. The lowest BCUT2D eigenvalue weighted by molar-refractivity contribution is 0.0785. The maximum absolute atomic E-state index is 12.9. The molecule has 2 aromatic carbocycles. The second-order valence-electron chi connectivity index (χ2n) is 7.57. The predicted octanol–water partition coefficient (Wildman–Crippen LogP) is 3.83. The molecule has 0 N–H and O–H groups in total. The van der Waals surface area contributed by atoms with E-state index in [0.717, 1.165) is 30.4 Å². The molecule has 0 spiro atoms. The van der Waals surface area contributed by atoms with Crippen LogP contribution in [0, 0.1) is 6.92 Å². The number of hydrogen-bond acceptors (Lipinski definition) is 3. The third-order valence-corrected chi connectivity index (χ3v) is 7.49. The van der Waals surface area contributed by atoms with Crippen molar-refractivity contribution < 1.29 is 13.2 Å². The smallest absolute Gasteiger partial charge is 0.253 e. The minimum absolute atomic E-state index is 0.0142. The van der Waals surface area contributed by atoms with Crippen molar-refractivity contribution in [2.45, 2.75) is 50.6 Å². The number of carbonyl (C=O) groups is 1. The van der Waals surface area contributed by atoms with Gasteiger partial charge in [0, 0.05) is 31.7 Å². The van der Waals surface area contributed by atoms with Crippen LogP contribution in [0.1, 0.15) is 47.7 Å². The Labute approximate surface area is 168 Å². The number of aryl methyl sites for hydroxylation is 1. The van der Waals surface area contributed by atoms with E-state index < -0.39 is 10.0 Å². The van der Waals surface area contributed by atoms with E-state index in [2.05, 4.69) is 0 Å². The minimum Gasteiger partial charge on any atom is -0.337 e. The highest BCUT2D eigenvalue weighted by atomic mass is 32.2. The molecule has 1 saturated heterocycles. The highest BCUT2D eigenvalue weighted by Crippen LogP contribution is 2.25. The number of nitrogens with zero attached hydrogens (tertiary/aromatic N) is 2. The van der Waals surface area contributed by atoms with E-state index in [-0.39, 0.29) is 16.8 Å². The number of benzene rings is 2. The molecule has 6 heteroatoms. The first kappa shape index (κ1) is 20.6. The van der Waals surface area contributed by atoms with Crippen LogP contribution < -0.4 is 0 Å². The summed E-state index contributed by atoms with van der Waals surface area (Å²) < 4.78 is 27.4. The zero-order chi connectivity index (χ0) is 20.3. The van der Waals surface area contributed by atoms with Crippen LogP contribution in [-0.4, -0.2) is 43.2 Å². The molecule has 0 aliphatic carbocycles. The number of sulfonamides is 1. The first-order valence-electron chi connectivity index (χ1n) is 9.72. The fourth-order valence-corrected chi connectivity index (χ4v) is 5.37. The fraction of sp³-hybridized carbons (Fsp3) is 0.409. The first-order valence-corrected chi connectivity index (χ1v) is 11.2. The van der Waals surface area contributed by atoms with Crippen LogP contribution in [0.5, 0.6) is 0 Å². The minimum atomic E-state index is -3.52. The van der Waals surface area contributed by atoms with Gasteiger partial charge in [-0.05, 0) is 62.1 Å². The molecular weight excluding hydrogens is 372 g/mol.